The van der Waals surface area contributed by atoms with Gasteiger partial charge < -0.3 is 15.4 Å². The van der Waals surface area contributed by atoms with Gasteiger partial charge in [-0.3, -0.25) is 10.1 Å². The number of nitro groups is 1. The maximum atomic E-state index is 11.4. The molecule has 0 unspecified atom stereocenters. The summed E-state index contributed by atoms with van der Waals surface area (Å²) in [5.74, 6) is 0. The first kappa shape index (κ1) is 14.6. The molecular formula is C14H21N3O3. The molecule has 2 rings (SSSR count). The Labute approximate surface area is 118 Å². The summed E-state index contributed by atoms with van der Waals surface area (Å²) in [6.45, 7) is 6.02. The summed E-state index contributed by atoms with van der Waals surface area (Å²) in [4.78, 5) is 11.0. The average molecular weight is 279 g/mol. The van der Waals surface area contributed by atoms with Gasteiger partial charge in [0.1, 0.15) is 11.4 Å². The minimum atomic E-state index is -0.330. The molecule has 20 heavy (non-hydrogen) atoms. The summed E-state index contributed by atoms with van der Waals surface area (Å²) < 4.78 is 5.36. The summed E-state index contributed by atoms with van der Waals surface area (Å²) in [7, 11) is 0. The second-order valence-electron chi connectivity index (χ2n) is 5.29. The first-order valence-electron chi connectivity index (χ1n) is 6.93. The van der Waals surface area contributed by atoms with Gasteiger partial charge in [-0.2, -0.15) is 0 Å². The SMILES string of the molecule is CCNc1cccc(NC2(C)CCOCC2)c1[N+](=O)[O-]. The summed E-state index contributed by atoms with van der Waals surface area (Å²) in [6, 6.07) is 5.33. The van der Waals surface area contributed by atoms with Crippen molar-refractivity contribution in [1.29, 1.82) is 0 Å². The number of anilines is 2. The normalized spacial score (nSPS) is 17.5. The second-order valence-corrected chi connectivity index (χ2v) is 5.29. The third kappa shape index (κ3) is 3.19. The van der Waals surface area contributed by atoms with Crippen LogP contribution in [0.2, 0.25) is 0 Å². The standard InChI is InChI=1S/C14H21N3O3/c1-3-15-11-5-4-6-12(13(11)17(18)19)16-14(2)7-9-20-10-8-14/h4-6,15-16H,3,7-10H2,1-2H3. The number of nitrogens with zero attached hydrogens (tertiary/aromatic N) is 1. The van der Waals surface area contributed by atoms with Crippen LogP contribution in [-0.2, 0) is 4.74 Å². The van der Waals surface area contributed by atoms with Gasteiger partial charge in [0.05, 0.1) is 4.92 Å². The van der Waals surface area contributed by atoms with E-state index >= 15 is 0 Å². The van der Waals surface area contributed by atoms with E-state index in [9.17, 15) is 10.1 Å². The molecule has 1 aromatic rings. The van der Waals surface area contributed by atoms with Crippen molar-refractivity contribution in [3.63, 3.8) is 0 Å². The minimum absolute atomic E-state index is 0.113. The van der Waals surface area contributed by atoms with Crippen molar-refractivity contribution >= 4 is 17.1 Å². The van der Waals surface area contributed by atoms with E-state index in [1.54, 1.807) is 12.1 Å². The van der Waals surface area contributed by atoms with Crippen LogP contribution in [0, 0.1) is 10.1 Å². The molecule has 0 saturated carbocycles. The third-order valence-electron chi connectivity index (χ3n) is 3.62. The molecule has 1 heterocycles. The molecule has 1 aliphatic heterocycles. The smallest absolute Gasteiger partial charge is 0.315 e. The lowest BCUT2D eigenvalue weighted by molar-refractivity contribution is -0.383. The van der Waals surface area contributed by atoms with Gasteiger partial charge in [0, 0.05) is 25.3 Å². The van der Waals surface area contributed by atoms with Gasteiger partial charge in [0.25, 0.3) is 0 Å². The lowest BCUT2D eigenvalue weighted by atomic mass is 9.92. The largest absolute Gasteiger partial charge is 0.381 e. The van der Waals surface area contributed by atoms with E-state index in [4.69, 9.17) is 4.74 Å². The van der Waals surface area contributed by atoms with Crippen molar-refractivity contribution in [2.45, 2.75) is 32.2 Å². The molecular weight excluding hydrogens is 258 g/mol. The van der Waals surface area contributed by atoms with E-state index in [2.05, 4.69) is 17.6 Å². The maximum absolute atomic E-state index is 11.4. The van der Waals surface area contributed by atoms with Gasteiger partial charge in [0.15, 0.2) is 0 Å². The van der Waals surface area contributed by atoms with Crippen molar-refractivity contribution in [3.8, 4) is 0 Å². The van der Waals surface area contributed by atoms with Crippen LogP contribution >= 0.6 is 0 Å². The molecule has 0 spiro atoms. The number of hydrogen-bond acceptors (Lipinski definition) is 5. The van der Waals surface area contributed by atoms with Gasteiger partial charge >= 0.3 is 5.69 Å². The Balaban J connectivity index is 2.30. The quantitative estimate of drug-likeness (QED) is 0.640. The molecule has 0 amide bonds. The predicted octanol–water partition coefficient (Wildman–Crippen LogP) is 3.01. The summed E-state index contributed by atoms with van der Waals surface area (Å²) in [5, 5.41) is 17.7. The predicted molar refractivity (Wildman–Crippen MR) is 79.3 cm³/mol. The fraction of sp³-hybridized carbons (Fsp3) is 0.571. The molecule has 0 aromatic heterocycles. The Kier molecular flexibility index (Phi) is 4.44. The van der Waals surface area contributed by atoms with Gasteiger partial charge in [-0.1, -0.05) is 6.07 Å². The van der Waals surface area contributed by atoms with Crippen molar-refractivity contribution in [2.75, 3.05) is 30.4 Å². The van der Waals surface area contributed by atoms with Gasteiger partial charge in [-0.05, 0) is 38.8 Å². The van der Waals surface area contributed by atoms with E-state index in [-0.39, 0.29) is 16.1 Å². The lowest BCUT2D eigenvalue weighted by Crippen LogP contribution is -2.40. The molecule has 6 heteroatoms. The molecule has 1 fully saturated rings. The van der Waals surface area contributed by atoms with Crippen LogP contribution in [0.4, 0.5) is 17.1 Å². The first-order valence-corrected chi connectivity index (χ1v) is 6.93. The summed E-state index contributed by atoms with van der Waals surface area (Å²) in [6.07, 6.45) is 1.69. The zero-order valence-electron chi connectivity index (χ0n) is 11.9. The molecule has 0 atom stereocenters. The van der Waals surface area contributed by atoms with Crippen molar-refractivity contribution in [3.05, 3.63) is 28.3 Å². The third-order valence-corrected chi connectivity index (χ3v) is 3.62. The van der Waals surface area contributed by atoms with Crippen LogP contribution in [0.5, 0.6) is 0 Å². The molecule has 1 aromatic carbocycles. The topological polar surface area (TPSA) is 76.4 Å². The molecule has 1 aliphatic rings. The van der Waals surface area contributed by atoms with Crippen LogP contribution in [0.3, 0.4) is 0 Å². The molecule has 0 bridgehead atoms. The lowest BCUT2D eigenvalue weighted by Gasteiger charge is -2.35. The number of hydrogen-bond donors (Lipinski definition) is 2. The molecule has 6 nitrogen and oxygen atoms in total. The number of nitrogens with one attached hydrogen (secondary N) is 2. The van der Waals surface area contributed by atoms with Crippen LogP contribution in [0.1, 0.15) is 26.7 Å². The fourth-order valence-electron chi connectivity index (χ4n) is 2.45. The maximum Gasteiger partial charge on any atom is 0.315 e. The van der Waals surface area contributed by atoms with Crippen LogP contribution in [-0.4, -0.2) is 30.2 Å². The second kappa shape index (κ2) is 6.09. The van der Waals surface area contributed by atoms with Crippen LogP contribution in [0.25, 0.3) is 0 Å². The Morgan fingerprint density at radius 3 is 2.60 bits per heavy atom. The number of rotatable bonds is 5. The van der Waals surface area contributed by atoms with Crippen molar-refractivity contribution in [2.24, 2.45) is 0 Å². The van der Waals surface area contributed by atoms with Gasteiger partial charge in [-0.15, -0.1) is 0 Å². The van der Waals surface area contributed by atoms with Crippen molar-refractivity contribution in [1.82, 2.24) is 0 Å². The van der Waals surface area contributed by atoms with Gasteiger partial charge in [0.2, 0.25) is 0 Å². The van der Waals surface area contributed by atoms with Gasteiger partial charge in [-0.25, -0.2) is 0 Å². The highest BCUT2D eigenvalue weighted by atomic mass is 16.6. The Morgan fingerprint density at radius 2 is 2.00 bits per heavy atom. The molecule has 0 radical (unpaired) electrons. The molecule has 2 N–H and O–H groups in total. The molecule has 110 valence electrons. The summed E-state index contributed by atoms with van der Waals surface area (Å²) in [5.41, 5.74) is 1.08. The Morgan fingerprint density at radius 1 is 1.35 bits per heavy atom. The monoisotopic (exact) mass is 279 g/mol. The van der Waals surface area contributed by atoms with E-state index < -0.39 is 0 Å². The first-order chi connectivity index (χ1) is 9.56. The molecule has 1 saturated heterocycles. The highest BCUT2D eigenvalue weighted by Crippen LogP contribution is 2.36. The number of para-hydroxylation sites is 1. The van der Waals surface area contributed by atoms with Crippen LogP contribution < -0.4 is 10.6 Å². The number of ether oxygens (including phenoxy) is 1. The summed E-state index contributed by atoms with van der Waals surface area (Å²) >= 11 is 0. The zero-order chi connectivity index (χ0) is 14.6. The number of nitro benzene ring substituents is 1. The Hall–Kier alpha value is -1.82. The minimum Gasteiger partial charge on any atom is -0.381 e. The fourth-order valence-corrected chi connectivity index (χ4v) is 2.45. The van der Waals surface area contributed by atoms with E-state index in [0.717, 1.165) is 12.8 Å². The van der Waals surface area contributed by atoms with E-state index in [1.165, 1.54) is 0 Å². The highest BCUT2D eigenvalue weighted by molar-refractivity contribution is 5.76. The van der Waals surface area contributed by atoms with Crippen molar-refractivity contribution < 1.29 is 9.66 Å². The van der Waals surface area contributed by atoms with E-state index in [1.807, 2.05) is 13.0 Å². The zero-order valence-corrected chi connectivity index (χ0v) is 11.9. The Bertz CT molecular complexity index is 485. The van der Waals surface area contributed by atoms with E-state index in [0.29, 0.717) is 31.1 Å². The molecule has 0 aliphatic carbocycles. The van der Waals surface area contributed by atoms with Crippen LogP contribution in [0.15, 0.2) is 18.2 Å². The average Bonchev–Trinajstić information content (AvgIpc) is 2.39. The highest BCUT2D eigenvalue weighted by Gasteiger charge is 2.30. The number of benzene rings is 1.